The number of rotatable bonds is 5. The molecule has 5 heterocycles. The molecule has 0 radical (unpaired) electrons. The third-order valence-electron chi connectivity index (χ3n) is 25.1. The van der Waals surface area contributed by atoms with Crippen LogP contribution in [-0.2, 0) is 64.8 Å². The van der Waals surface area contributed by atoms with Crippen LogP contribution in [-0.4, -0.2) is 22.8 Å². The topological polar surface area (TPSA) is 24.6 Å². The van der Waals surface area contributed by atoms with Gasteiger partial charge in [0, 0.05) is 143 Å². The second kappa shape index (κ2) is 63.5. The van der Waals surface area contributed by atoms with Gasteiger partial charge in [0.25, 0.3) is 0 Å². The first kappa shape index (κ1) is 121. The predicted molar refractivity (Wildman–Crippen MR) is 660 cm³/mol. The van der Waals surface area contributed by atoms with E-state index in [0.29, 0.717) is 0 Å². The average Bonchev–Trinajstić information content (AvgIpc) is 1.57. The van der Waals surface area contributed by atoms with Crippen LogP contribution >= 0.6 is 0 Å². The maximum Gasteiger partial charge on any atom is 0.0533 e. The molecule has 0 saturated heterocycles. The average molecular weight is 1940 g/mol. The van der Waals surface area contributed by atoms with Crippen LogP contribution in [0.3, 0.4) is 0 Å². The van der Waals surface area contributed by atoms with Crippen LogP contribution < -0.4 is 0 Å². The molecule has 5 aliphatic rings. The third kappa shape index (κ3) is 26.0. The van der Waals surface area contributed by atoms with Crippen molar-refractivity contribution in [2.45, 2.75) is 339 Å². The second-order valence-electron chi connectivity index (χ2n) is 34.0. The second-order valence-corrected chi connectivity index (χ2v) is 34.0. The molecule has 0 atom stereocenters. The van der Waals surface area contributed by atoms with Crippen molar-refractivity contribution in [3.8, 4) is 55.6 Å². The van der Waals surface area contributed by atoms with Gasteiger partial charge in [-0.2, -0.15) is 0 Å². The number of aryl methyl sites for hydroxylation is 5. The monoisotopic (exact) mass is 1940 g/mol. The van der Waals surface area contributed by atoms with Crippen LogP contribution in [0.1, 0.15) is 330 Å². The van der Waals surface area contributed by atoms with Gasteiger partial charge < -0.3 is 22.8 Å². The summed E-state index contributed by atoms with van der Waals surface area (Å²) in [6.45, 7) is 77.5. The van der Waals surface area contributed by atoms with E-state index >= 15 is 0 Å². The van der Waals surface area contributed by atoms with Crippen molar-refractivity contribution in [2.24, 2.45) is 0 Å². The van der Waals surface area contributed by atoms with Crippen LogP contribution in [0.2, 0.25) is 0 Å². The molecule has 0 amide bonds. The molecule has 5 nitrogen and oxygen atoms in total. The fourth-order valence-electron chi connectivity index (χ4n) is 20.4. The van der Waals surface area contributed by atoms with Crippen LogP contribution in [0.25, 0.3) is 165 Å². The molecule has 770 valence electrons. The summed E-state index contributed by atoms with van der Waals surface area (Å²) < 4.78 is 12.2. The summed E-state index contributed by atoms with van der Waals surface area (Å²) in [6, 6.07) is 112. The number of hydrogen-bond acceptors (Lipinski definition) is 0. The number of aromatic nitrogens is 5. The molecule has 20 aromatic rings. The SMILES string of the molecule is CC.CC.CC.CC.CC.CC.CC.CC.CC.CC.CCC.CCC.CCC.CCC.CCC.CCn1c2ccccc2c2c3c(ccc21)-c1ccccc1C3.CCn1c2ccccc2c2c3c(ccc21)Cc1ccccc1-3.CCn1c2ccccc2c2cc3c(cc21)-c1ccccc1C3.CCn1c2ccccc2c2cc3c(cc21)Cc1ccccc1-3.CCn1c2ccccc2c2ccc3c(c21)Cc1ccccc1-3. The minimum absolute atomic E-state index is 1.00. The van der Waals surface area contributed by atoms with Crippen LogP contribution in [0.5, 0.6) is 0 Å². The van der Waals surface area contributed by atoms with Crippen molar-refractivity contribution < 1.29 is 0 Å². The first-order valence-corrected chi connectivity index (χ1v) is 57.0. The summed E-state index contributed by atoms with van der Waals surface area (Å²) in [4.78, 5) is 0. The van der Waals surface area contributed by atoms with Gasteiger partial charge >= 0.3 is 0 Å². The molecule has 25 rings (SSSR count). The van der Waals surface area contributed by atoms with E-state index in [0.717, 1.165) is 64.8 Å². The summed E-state index contributed by atoms with van der Waals surface area (Å²) in [6.07, 6.45) is 11.5. The van der Waals surface area contributed by atoms with Gasteiger partial charge in [-0.3, -0.25) is 0 Å². The van der Waals surface area contributed by atoms with Crippen molar-refractivity contribution in [3.63, 3.8) is 0 Å². The summed E-state index contributed by atoms with van der Waals surface area (Å²) in [5.74, 6) is 0. The van der Waals surface area contributed by atoms with Crippen molar-refractivity contribution in [3.05, 3.63) is 359 Å². The lowest BCUT2D eigenvalue weighted by Crippen LogP contribution is -1.96. The highest BCUT2D eigenvalue weighted by Crippen LogP contribution is 2.50. The highest BCUT2D eigenvalue weighted by Gasteiger charge is 2.29. The predicted octanol–water partition coefficient (Wildman–Crippen LogP) is 44.3. The number of hydrogen-bond donors (Lipinski definition) is 0. The molecule has 0 unspecified atom stereocenters. The minimum Gasteiger partial charge on any atom is -0.341 e. The Hall–Kier alpha value is -12.7. The molecule has 15 aromatic carbocycles. The lowest BCUT2D eigenvalue weighted by Gasteiger charge is -2.08. The minimum atomic E-state index is 1.00. The highest BCUT2D eigenvalue weighted by molar-refractivity contribution is 6.18. The Kier molecular flexibility index (Phi) is 53.0. The van der Waals surface area contributed by atoms with Gasteiger partial charge in [0.05, 0.1) is 5.52 Å². The third-order valence-corrected chi connectivity index (χ3v) is 25.1. The van der Waals surface area contributed by atoms with Gasteiger partial charge in [-0.25, -0.2) is 0 Å². The van der Waals surface area contributed by atoms with E-state index in [1.807, 2.05) is 138 Å². The summed E-state index contributed by atoms with van der Waals surface area (Å²) in [7, 11) is 0. The van der Waals surface area contributed by atoms with Crippen LogP contribution in [0.15, 0.2) is 303 Å². The Labute approximate surface area is 879 Å². The number of para-hydroxylation sites is 5. The van der Waals surface area contributed by atoms with Crippen molar-refractivity contribution in [2.75, 3.05) is 0 Å². The molecule has 5 aromatic heterocycles. The Morgan fingerprint density at radius 1 is 0.159 bits per heavy atom. The first-order chi connectivity index (χ1) is 71.4. The van der Waals surface area contributed by atoms with E-state index in [2.05, 4.69) is 430 Å². The highest BCUT2D eigenvalue weighted by atomic mass is 15.0. The van der Waals surface area contributed by atoms with Gasteiger partial charge in [-0.05, 0) is 238 Å². The van der Waals surface area contributed by atoms with Crippen molar-refractivity contribution >= 4 is 109 Å². The largest absolute Gasteiger partial charge is 0.341 e. The van der Waals surface area contributed by atoms with Gasteiger partial charge in [-0.1, -0.05) is 476 Å². The van der Waals surface area contributed by atoms with E-state index in [1.165, 1.54) is 252 Å². The number of nitrogens with zero attached hydrogens (tertiary/aromatic N) is 5. The molecule has 145 heavy (non-hydrogen) atoms. The molecule has 0 spiro atoms. The molecule has 0 bridgehead atoms. The lowest BCUT2D eigenvalue weighted by molar-refractivity contribution is 0.824. The zero-order valence-corrected chi connectivity index (χ0v) is 96.7. The molecule has 0 aliphatic heterocycles. The number of fused-ring (bicyclic) bond motifs is 33. The summed E-state index contributed by atoms with van der Waals surface area (Å²) in [5, 5.41) is 13.9. The quantitative estimate of drug-likeness (QED) is 0.164. The normalized spacial score (nSPS) is 10.7. The van der Waals surface area contributed by atoms with E-state index in [4.69, 9.17) is 0 Å². The van der Waals surface area contributed by atoms with Gasteiger partial charge in [0.15, 0.2) is 0 Å². The Morgan fingerprint density at radius 3 is 0.834 bits per heavy atom. The molecule has 0 fully saturated rings. The van der Waals surface area contributed by atoms with E-state index < -0.39 is 0 Å². The standard InChI is InChI=1S/5C21H17N.5C3H8.10C2H6/c1-2-22-20-10-6-5-9-17(20)19-13-18-15(12-21(19)22)11-14-7-3-4-8-16(14)18;1-2-22-20-10-6-5-9-17(20)19-12-15-11-14-7-3-4-8-16(14)18(15)13-21(19)22;1-2-22-18-10-6-5-9-17(18)21-19(22)12-11-15-13-14-7-3-4-8-16(14)20(15)21;1-2-22-19-10-6-5-9-17(19)21-18-13-14-7-3-4-8-15(14)16(18)11-12-20(21)22;1-2-22-20-10-6-5-9-17(20)18-12-11-16-15-8-4-3-7-14(15)13-19(16)21(18)22;5*1-3-2;10*1-2/h2*3-10,12-13H,2,11H2,1H3;3*3-12H,2,13H2,1H3;5*3H2,1-2H3;10*1-2H3. The molecule has 5 aliphatic carbocycles. The molecule has 5 heteroatoms. The molecular formula is C140H185N5. The molecule has 0 saturated carbocycles. The first-order valence-electron chi connectivity index (χ1n) is 57.0. The van der Waals surface area contributed by atoms with Gasteiger partial charge in [-0.15, -0.1) is 0 Å². The smallest absolute Gasteiger partial charge is 0.0533 e. The van der Waals surface area contributed by atoms with E-state index in [9.17, 15) is 0 Å². The number of benzene rings is 15. The van der Waals surface area contributed by atoms with Gasteiger partial charge in [0.2, 0.25) is 0 Å². The van der Waals surface area contributed by atoms with Crippen molar-refractivity contribution in [1.29, 1.82) is 0 Å². The zero-order valence-electron chi connectivity index (χ0n) is 96.7. The van der Waals surface area contributed by atoms with Crippen LogP contribution in [0, 0.1) is 0 Å². The summed E-state index contributed by atoms with van der Waals surface area (Å²) in [5.41, 5.74) is 42.5. The Balaban J connectivity index is 0.000000257. The Bertz CT molecular complexity index is 7210. The Morgan fingerprint density at radius 2 is 0.421 bits per heavy atom. The fourth-order valence-corrected chi connectivity index (χ4v) is 20.4. The maximum absolute atomic E-state index is 2.48. The maximum atomic E-state index is 2.48. The van der Waals surface area contributed by atoms with Crippen molar-refractivity contribution in [1.82, 2.24) is 22.8 Å². The molecular weight excluding hydrogens is 1750 g/mol. The van der Waals surface area contributed by atoms with Gasteiger partial charge in [0.1, 0.15) is 0 Å². The zero-order chi connectivity index (χ0) is 107. The summed E-state index contributed by atoms with van der Waals surface area (Å²) >= 11 is 0. The lowest BCUT2D eigenvalue weighted by atomic mass is 9.99. The van der Waals surface area contributed by atoms with E-state index in [-0.39, 0.29) is 0 Å². The van der Waals surface area contributed by atoms with Crippen LogP contribution in [0.4, 0.5) is 0 Å². The van der Waals surface area contributed by atoms with E-state index in [1.54, 1.807) is 0 Å². The molecule has 0 N–H and O–H groups in total. The fraction of sp³-hybridized carbons (Fsp3) is 0.357.